The number of fused-ring (bicyclic) bond motifs is 1. The maximum Gasteiger partial charge on any atom is 0.287 e. The molecular formula is C23H18N6O3S2. The van der Waals surface area contributed by atoms with Crippen LogP contribution >= 0.6 is 11.3 Å². The van der Waals surface area contributed by atoms with Gasteiger partial charge in [-0.05, 0) is 73.2 Å². The van der Waals surface area contributed by atoms with Crippen molar-refractivity contribution in [3.05, 3.63) is 72.3 Å². The fourth-order valence-corrected chi connectivity index (χ4v) is 4.59. The summed E-state index contributed by atoms with van der Waals surface area (Å²) >= 11 is 1.60. The second-order valence-corrected chi connectivity index (χ2v) is 9.87. The van der Waals surface area contributed by atoms with Crippen molar-refractivity contribution in [3.8, 4) is 16.6 Å². The number of hydrogen-bond acceptors (Lipinski definition) is 8. The number of nitrogens with one attached hydrogen (secondary N) is 2. The Labute approximate surface area is 199 Å². The first kappa shape index (κ1) is 23.1. The number of aryl methyl sites for hydroxylation is 1. The Morgan fingerprint density at radius 3 is 2.38 bits per heavy atom. The largest absolute Gasteiger partial charge is 0.320 e. The van der Waals surface area contributed by atoms with E-state index in [1.165, 1.54) is 29.8 Å². The lowest BCUT2D eigenvalue weighted by Crippen LogP contribution is -2.22. The highest BCUT2D eigenvalue weighted by molar-refractivity contribution is 7.89. The molecular weight excluding hydrogens is 472 g/mol. The van der Waals surface area contributed by atoms with E-state index in [2.05, 4.69) is 26.9 Å². The maximum atomic E-state index is 12.3. The molecule has 1 amide bonds. The van der Waals surface area contributed by atoms with Crippen LogP contribution in [0.15, 0.2) is 76.7 Å². The molecule has 0 fully saturated rings. The number of thiazole rings is 1. The van der Waals surface area contributed by atoms with Gasteiger partial charge in [-0.25, -0.2) is 18.5 Å². The van der Waals surface area contributed by atoms with E-state index in [4.69, 9.17) is 5.14 Å². The van der Waals surface area contributed by atoms with Gasteiger partial charge in [-0.1, -0.05) is 6.07 Å². The van der Waals surface area contributed by atoms with Crippen molar-refractivity contribution in [2.45, 2.75) is 11.8 Å². The summed E-state index contributed by atoms with van der Waals surface area (Å²) in [5.74, 6) is -0.750. The minimum absolute atomic E-state index is 0.0919. The monoisotopic (exact) mass is 490 g/mol. The molecule has 4 N–H and O–H groups in total. The fraction of sp³-hybridized carbons (Fsp3) is 0.0435. The van der Waals surface area contributed by atoms with E-state index in [0.29, 0.717) is 5.69 Å². The first-order chi connectivity index (χ1) is 16.2. The van der Waals surface area contributed by atoms with Crippen LogP contribution in [0.4, 0.5) is 11.4 Å². The van der Waals surface area contributed by atoms with Gasteiger partial charge >= 0.3 is 0 Å². The van der Waals surface area contributed by atoms with E-state index < -0.39 is 21.6 Å². The molecule has 0 saturated heterocycles. The van der Waals surface area contributed by atoms with Crippen LogP contribution in [0.2, 0.25) is 0 Å². The molecule has 0 saturated carbocycles. The quantitative estimate of drug-likeness (QED) is 0.276. The van der Waals surface area contributed by atoms with Crippen LogP contribution in [0, 0.1) is 18.3 Å². The number of carbonyl (C=O) groups is 1. The third kappa shape index (κ3) is 5.26. The number of benzene rings is 3. The van der Waals surface area contributed by atoms with Gasteiger partial charge < -0.3 is 5.32 Å². The molecule has 0 aliphatic carbocycles. The van der Waals surface area contributed by atoms with Crippen LogP contribution in [-0.2, 0) is 14.8 Å². The van der Waals surface area contributed by atoms with Crippen molar-refractivity contribution >= 4 is 54.6 Å². The van der Waals surface area contributed by atoms with Gasteiger partial charge in [0.15, 0.2) is 0 Å². The van der Waals surface area contributed by atoms with Gasteiger partial charge in [-0.15, -0.1) is 11.3 Å². The number of hydrogen-bond donors (Lipinski definition) is 3. The number of amides is 1. The summed E-state index contributed by atoms with van der Waals surface area (Å²) < 4.78 is 23.7. The normalized spacial score (nSPS) is 11.7. The molecule has 1 heterocycles. The second-order valence-electron chi connectivity index (χ2n) is 7.28. The molecule has 0 aliphatic rings. The number of aromatic nitrogens is 1. The van der Waals surface area contributed by atoms with Crippen LogP contribution in [0.5, 0.6) is 0 Å². The van der Waals surface area contributed by atoms with E-state index in [9.17, 15) is 18.5 Å². The predicted octanol–water partition coefficient (Wildman–Crippen LogP) is 3.85. The number of sulfonamides is 1. The van der Waals surface area contributed by atoms with Crippen LogP contribution in [-0.4, -0.2) is 25.0 Å². The molecule has 0 radical (unpaired) electrons. The summed E-state index contributed by atoms with van der Waals surface area (Å²) in [7, 11) is -3.84. The number of anilines is 2. The van der Waals surface area contributed by atoms with Crippen LogP contribution < -0.4 is 15.9 Å². The van der Waals surface area contributed by atoms with E-state index in [-0.39, 0.29) is 10.6 Å². The van der Waals surface area contributed by atoms with Gasteiger partial charge in [-0.3, -0.25) is 10.2 Å². The summed E-state index contributed by atoms with van der Waals surface area (Å²) in [6, 6.07) is 20.4. The number of nitrogens with two attached hydrogens (primary N) is 1. The summed E-state index contributed by atoms with van der Waals surface area (Å²) in [5.41, 5.74) is 6.23. The zero-order valence-electron chi connectivity index (χ0n) is 17.8. The lowest BCUT2D eigenvalue weighted by atomic mass is 10.2. The van der Waals surface area contributed by atoms with Gasteiger partial charge in [0.2, 0.25) is 15.7 Å². The zero-order valence-corrected chi connectivity index (χ0v) is 19.4. The Hall–Kier alpha value is -4.11. The van der Waals surface area contributed by atoms with E-state index in [0.717, 1.165) is 20.8 Å². The SMILES string of the molecule is Cc1ccc2nc(-c3ccc(N/N=C(/C#N)C(=O)Nc4ccc(S(N)(=O)=O)cc4)cc3)sc2c1. The van der Waals surface area contributed by atoms with Crippen molar-refractivity contribution < 1.29 is 13.2 Å². The number of rotatable bonds is 6. The van der Waals surface area contributed by atoms with E-state index >= 15 is 0 Å². The van der Waals surface area contributed by atoms with Crippen molar-refractivity contribution in [3.63, 3.8) is 0 Å². The standard InChI is InChI=1S/C23H18N6O3S2/c1-14-2-11-19-21(12-14)33-23(27-19)15-3-5-17(6-4-15)28-29-20(13-24)22(30)26-16-7-9-18(10-8-16)34(25,31)32/h2-12,28H,1H3,(H,26,30)(H2,25,31,32)/b29-20-. The summed E-state index contributed by atoms with van der Waals surface area (Å²) in [6.07, 6.45) is 0. The minimum Gasteiger partial charge on any atom is -0.320 e. The lowest BCUT2D eigenvalue weighted by Gasteiger charge is -2.06. The molecule has 0 bridgehead atoms. The Morgan fingerprint density at radius 2 is 1.74 bits per heavy atom. The summed E-state index contributed by atoms with van der Waals surface area (Å²) in [6.45, 7) is 2.04. The van der Waals surface area contributed by atoms with Crippen molar-refractivity contribution in [2.24, 2.45) is 10.2 Å². The third-order valence-electron chi connectivity index (χ3n) is 4.73. The van der Waals surface area contributed by atoms with Gasteiger partial charge in [0.05, 0.1) is 20.8 Å². The molecule has 0 unspecified atom stereocenters. The smallest absolute Gasteiger partial charge is 0.287 e. The Kier molecular flexibility index (Phi) is 6.38. The van der Waals surface area contributed by atoms with Gasteiger partial charge in [0.1, 0.15) is 11.1 Å². The fourth-order valence-electron chi connectivity index (χ4n) is 3.01. The number of nitrogens with zero attached hydrogens (tertiary/aromatic N) is 3. The van der Waals surface area contributed by atoms with Crippen LogP contribution in [0.3, 0.4) is 0 Å². The Bertz CT molecular complexity index is 1550. The van der Waals surface area contributed by atoms with Crippen molar-refractivity contribution in [1.29, 1.82) is 5.26 Å². The highest BCUT2D eigenvalue weighted by Crippen LogP contribution is 2.31. The molecule has 9 nitrogen and oxygen atoms in total. The first-order valence-corrected chi connectivity index (χ1v) is 12.2. The Balaban J connectivity index is 1.43. The molecule has 4 aromatic rings. The zero-order chi connectivity index (χ0) is 24.3. The first-order valence-electron chi connectivity index (χ1n) is 9.88. The predicted molar refractivity (Wildman–Crippen MR) is 133 cm³/mol. The van der Waals surface area contributed by atoms with Crippen molar-refractivity contribution in [2.75, 3.05) is 10.7 Å². The van der Waals surface area contributed by atoms with Crippen LogP contribution in [0.25, 0.3) is 20.8 Å². The molecule has 11 heteroatoms. The van der Waals surface area contributed by atoms with Gasteiger partial charge in [-0.2, -0.15) is 10.4 Å². The van der Waals surface area contributed by atoms with E-state index in [1.807, 2.05) is 31.2 Å². The Morgan fingerprint density at radius 1 is 1.06 bits per heavy atom. The summed E-state index contributed by atoms with van der Waals surface area (Å²) in [4.78, 5) is 16.9. The average Bonchev–Trinajstić information content (AvgIpc) is 3.23. The second kappa shape index (κ2) is 9.40. The van der Waals surface area contributed by atoms with Gasteiger partial charge in [0.25, 0.3) is 5.91 Å². The molecule has 4 rings (SSSR count). The number of primary sulfonamides is 1. The number of nitriles is 1. The van der Waals surface area contributed by atoms with Crippen LogP contribution in [0.1, 0.15) is 5.56 Å². The topological polar surface area (TPSA) is 150 Å². The molecule has 1 aromatic heterocycles. The minimum atomic E-state index is -3.84. The molecule has 0 spiro atoms. The third-order valence-corrected chi connectivity index (χ3v) is 6.73. The van der Waals surface area contributed by atoms with E-state index in [1.54, 1.807) is 29.5 Å². The number of carbonyl (C=O) groups excluding carboxylic acids is 1. The molecule has 0 atom stereocenters. The number of hydrazone groups is 1. The van der Waals surface area contributed by atoms with Gasteiger partial charge in [0, 0.05) is 11.3 Å². The highest BCUT2D eigenvalue weighted by Gasteiger charge is 2.13. The molecule has 0 aliphatic heterocycles. The molecule has 34 heavy (non-hydrogen) atoms. The lowest BCUT2D eigenvalue weighted by molar-refractivity contribution is -0.110. The highest BCUT2D eigenvalue weighted by atomic mass is 32.2. The average molecular weight is 491 g/mol. The molecule has 170 valence electrons. The van der Waals surface area contributed by atoms with Crippen molar-refractivity contribution in [1.82, 2.24) is 4.98 Å². The molecule has 3 aromatic carbocycles. The summed E-state index contributed by atoms with van der Waals surface area (Å²) in [5, 5.41) is 21.6. The maximum absolute atomic E-state index is 12.3.